The second kappa shape index (κ2) is 14.6. The van der Waals surface area contributed by atoms with Crippen LogP contribution < -0.4 is 5.32 Å². The summed E-state index contributed by atoms with van der Waals surface area (Å²) in [4.78, 5) is 40.5. The molecule has 0 aromatic heterocycles. The van der Waals surface area contributed by atoms with E-state index in [0.29, 0.717) is 32.2 Å². The Balaban J connectivity index is 1.95. The maximum Gasteiger partial charge on any atom is 0.309 e. The molecule has 0 aliphatic carbocycles. The molecule has 0 unspecified atom stereocenters. The first-order valence-corrected chi connectivity index (χ1v) is 12.9. The van der Waals surface area contributed by atoms with Gasteiger partial charge in [-0.2, -0.15) is 0 Å². The minimum absolute atomic E-state index is 0.0183. The number of carbonyl (C=O) groups excluding carboxylic acids is 3. The van der Waals surface area contributed by atoms with Crippen LogP contribution in [0.5, 0.6) is 0 Å². The normalized spacial score (nSPS) is 17.2. The van der Waals surface area contributed by atoms with Crippen LogP contribution in [0.25, 0.3) is 0 Å². The fourth-order valence-electron chi connectivity index (χ4n) is 4.53. The number of likely N-dealkylation sites (tertiary alicyclic amines) is 1. The van der Waals surface area contributed by atoms with E-state index < -0.39 is 11.5 Å². The van der Waals surface area contributed by atoms with E-state index in [-0.39, 0.29) is 49.4 Å². The van der Waals surface area contributed by atoms with E-state index in [0.717, 1.165) is 18.4 Å². The number of hydrogen-bond acceptors (Lipinski definition) is 5. The number of nitrogens with zero attached hydrogens (tertiary/aromatic N) is 1. The van der Waals surface area contributed by atoms with Gasteiger partial charge in [-0.25, -0.2) is 0 Å². The summed E-state index contributed by atoms with van der Waals surface area (Å²) in [7, 11) is 0. The monoisotopic (exact) mass is 498 g/mol. The highest BCUT2D eigenvalue weighted by atomic mass is 16.5. The average molecular weight is 499 g/mol. The van der Waals surface area contributed by atoms with Gasteiger partial charge in [0.2, 0.25) is 11.8 Å². The smallest absolute Gasteiger partial charge is 0.309 e. The third kappa shape index (κ3) is 9.26. The summed E-state index contributed by atoms with van der Waals surface area (Å²) in [6.45, 7) is 11.6. The SMILES string of the molecule is C=CCC[C@H](Cc1ccccc1)C(=O)OCC(C)(C)NC(=O)[C@H](CC=C)CC(=O)N1CCC[C@H]1CO. The molecule has 0 radical (unpaired) electrons. The number of aliphatic hydroxyl groups is 1. The lowest BCUT2D eigenvalue weighted by molar-refractivity contribution is -0.151. The largest absolute Gasteiger partial charge is 0.463 e. The third-order valence-corrected chi connectivity index (χ3v) is 6.57. The lowest BCUT2D eigenvalue weighted by atomic mass is 9.94. The van der Waals surface area contributed by atoms with E-state index in [9.17, 15) is 19.5 Å². The van der Waals surface area contributed by atoms with Crippen molar-refractivity contribution in [2.24, 2.45) is 11.8 Å². The van der Waals surface area contributed by atoms with Gasteiger partial charge in [0.15, 0.2) is 0 Å². The van der Waals surface area contributed by atoms with Crippen LogP contribution in [-0.2, 0) is 25.5 Å². The summed E-state index contributed by atoms with van der Waals surface area (Å²) >= 11 is 0. The van der Waals surface area contributed by atoms with Gasteiger partial charge in [-0.3, -0.25) is 14.4 Å². The van der Waals surface area contributed by atoms with Crippen LogP contribution in [0.2, 0.25) is 0 Å². The fourth-order valence-corrected chi connectivity index (χ4v) is 4.53. The minimum atomic E-state index is -0.813. The number of hydrogen-bond donors (Lipinski definition) is 2. The van der Waals surface area contributed by atoms with Crippen LogP contribution in [0, 0.1) is 11.8 Å². The van der Waals surface area contributed by atoms with Gasteiger partial charge >= 0.3 is 5.97 Å². The van der Waals surface area contributed by atoms with Crippen LogP contribution in [-0.4, -0.2) is 59.1 Å². The van der Waals surface area contributed by atoms with Crippen LogP contribution >= 0.6 is 0 Å². The Morgan fingerprint density at radius 2 is 1.92 bits per heavy atom. The van der Waals surface area contributed by atoms with Gasteiger partial charge in [-0.1, -0.05) is 42.5 Å². The second-order valence-electron chi connectivity index (χ2n) is 10.2. The molecule has 1 aromatic carbocycles. The number of esters is 1. The maximum absolute atomic E-state index is 13.1. The van der Waals surface area contributed by atoms with Gasteiger partial charge in [0.05, 0.1) is 30.0 Å². The van der Waals surface area contributed by atoms with Crippen molar-refractivity contribution in [1.29, 1.82) is 0 Å². The molecule has 1 aliphatic heterocycles. The first-order valence-electron chi connectivity index (χ1n) is 12.9. The van der Waals surface area contributed by atoms with Crippen molar-refractivity contribution in [3.8, 4) is 0 Å². The van der Waals surface area contributed by atoms with Crippen LogP contribution in [0.4, 0.5) is 0 Å². The van der Waals surface area contributed by atoms with Crippen molar-refractivity contribution in [2.75, 3.05) is 19.8 Å². The van der Waals surface area contributed by atoms with Crippen molar-refractivity contribution < 1.29 is 24.2 Å². The lowest BCUT2D eigenvalue weighted by Gasteiger charge is -2.30. The molecule has 7 heteroatoms. The van der Waals surface area contributed by atoms with Gasteiger partial charge in [0.1, 0.15) is 6.61 Å². The molecule has 198 valence electrons. The van der Waals surface area contributed by atoms with Gasteiger partial charge < -0.3 is 20.1 Å². The zero-order valence-corrected chi connectivity index (χ0v) is 21.8. The van der Waals surface area contributed by atoms with E-state index in [1.807, 2.05) is 30.3 Å². The number of carbonyl (C=O) groups is 3. The van der Waals surface area contributed by atoms with E-state index in [1.165, 1.54) is 0 Å². The molecule has 1 saturated heterocycles. The Hall–Kier alpha value is -2.93. The fraction of sp³-hybridized carbons (Fsp3) is 0.552. The van der Waals surface area contributed by atoms with E-state index in [2.05, 4.69) is 18.5 Å². The van der Waals surface area contributed by atoms with Gasteiger partial charge in [-0.05, 0) is 57.9 Å². The molecule has 0 saturated carbocycles. The summed E-state index contributed by atoms with van der Waals surface area (Å²) in [5.41, 5.74) is 0.251. The van der Waals surface area contributed by atoms with Crippen LogP contribution in [0.1, 0.15) is 57.9 Å². The molecule has 2 N–H and O–H groups in total. The minimum Gasteiger partial charge on any atom is -0.463 e. The highest BCUT2D eigenvalue weighted by Gasteiger charge is 2.33. The van der Waals surface area contributed by atoms with Crippen LogP contribution in [0.3, 0.4) is 0 Å². The number of benzene rings is 1. The predicted molar refractivity (Wildman–Crippen MR) is 141 cm³/mol. The zero-order chi connectivity index (χ0) is 26.6. The van der Waals surface area contributed by atoms with Gasteiger partial charge in [0, 0.05) is 13.0 Å². The molecule has 2 amide bonds. The molecule has 0 spiro atoms. The van der Waals surface area contributed by atoms with Crippen molar-refractivity contribution in [3.05, 3.63) is 61.2 Å². The Labute approximate surface area is 215 Å². The number of ether oxygens (including phenoxy) is 1. The zero-order valence-electron chi connectivity index (χ0n) is 21.8. The van der Waals surface area contributed by atoms with Crippen LogP contribution in [0.15, 0.2) is 55.6 Å². The molecule has 1 aliphatic rings. The molecule has 3 atom stereocenters. The molecule has 1 aromatic rings. The number of rotatable bonds is 15. The molecule has 1 fully saturated rings. The second-order valence-corrected chi connectivity index (χ2v) is 10.2. The Kier molecular flexibility index (Phi) is 11.9. The molecule has 2 rings (SSSR count). The topological polar surface area (TPSA) is 95.9 Å². The van der Waals surface area contributed by atoms with E-state index >= 15 is 0 Å². The summed E-state index contributed by atoms with van der Waals surface area (Å²) in [6, 6.07) is 9.64. The van der Waals surface area contributed by atoms with Crippen molar-refractivity contribution >= 4 is 17.8 Å². The first-order chi connectivity index (χ1) is 17.2. The van der Waals surface area contributed by atoms with Crippen molar-refractivity contribution in [3.63, 3.8) is 0 Å². The highest BCUT2D eigenvalue weighted by Crippen LogP contribution is 2.22. The van der Waals surface area contributed by atoms with E-state index in [1.54, 1.807) is 30.9 Å². The average Bonchev–Trinajstić information content (AvgIpc) is 3.34. The maximum atomic E-state index is 13.1. The lowest BCUT2D eigenvalue weighted by Crippen LogP contribution is -2.50. The molecular weight excluding hydrogens is 456 g/mol. The van der Waals surface area contributed by atoms with Crippen molar-refractivity contribution in [1.82, 2.24) is 10.2 Å². The number of nitrogens with one attached hydrogen (secondary N) is 1. The Morgan fingerprint density at radius 1 is 1.19 bits per heavy atom. The quantitative estimate of drug-likeness (QED) is 0.283. The Morgan fingerprint density at radius 3 is 2.56 bits per heavy atom. The Bertz CT molecular complexity index is 883. The van der Waals surface area contributed by atoms with Gasteiger partial charge in [0.25, 0.3) is 0 Å². The van der Waals surface area contributed by atoms with E-state index in [4.69, 9.17) is 4.74 Å². The van der Waals surface area contributed by atoms with Crippen molar-refractivity contribution in [2.45, 2.75) is 70.4 Å². The standard InChI is InChI=1S/C29H42N2O5/c1-5-7-15-24(18-22-13-9-8-10-14-22)28(35)36-21-29(3,4)30-27(34)23(12-6-2)19-26(33)31-17-11-16-25(31)20-32/h5-6,8-10,13-14,23-25,32H,1-2,7,11-12,15-21H2,3-4H3,(H,30,34)/t23-,24-,25+/m1/s1. The highest BCUT2D eigenvalue weighted by molar-refractivity contribution is 5.86. The summed E-state index contributed by atoms with van der Waals surface area (Å²) < 4.78 is 5.66. The number of aliphatic hydroxyl groups excluding tert-OH is 1. The molecular formula is C29H42N2O5. The van der Waals surface area contributed by atoms with Gasteiger partial charge in [-0.15, -0.1) is 13.2 Å². The summed E-state index contributed by atoms with van der Waals surface area (Å²) in [6.07, 6.45) is 7.37. The first kappa shape index (κ1) is 29.3. The number of amides is 2. The number of allylic oxidation sites excluding steroid dienone is 2. The summed E-state index contributed by atoms with van der Waals surface area (Å²) in [5, 5.41) is 12.5. The molecule has 1 heterocycles. The molecule has 0 bridgehead atoms. The summed E-state index contributed by atoms with van der Waals surface area (Å²) in [5.74, 6) is -1.60. The molecule has 36 heavy (non-hydrogen) atoms. The predicted octanol–water partition coefficient (Wildman–Crippen LogP) is 3.82. The third-order valence-electron chi connectivity index (χ3n) is 6.57. The molecule has 7 nitrogen and oxygen atoms in total.